The number of para-hydroxylation sites is 1. The molecule has 1 atom stereocenters. The topological polar surface area (TPSA) is 69.6 Å². The number of aliphatic carboxylic acids is 1. The second-order valence-electron chi connectivity index (χ2n) is 5.32. The number of hydrogen-bond acceptors (Lipinski definition) is 2. The van der Waals surface area contributed by atoms with Crippen molar-refractivity contribution in [2.24, 2.45) is 11.8 Å². The third-order valence-corrected chi connectivity index (χ3v) is 3.61. The number of urea groups is 1. The summed E-state index contributed by atoms with van der Waals surface area (Å²) in [6.45, 7) is 2.36. The van der Waals surface area contributed by atoms with Crippen molar-refractivity contribution >= 4 is 17.7 Å². The summed E-state index contributed by atoms with van der Waals surface area (Å²) in [5.74, 6) is 0.126. The molecule has 1 aromatic rings. The van der Waals surface area contributed by atoms with Gasteiger partial charge in [0.2, 0.25) is 0 Å². The van der Waals surface area contributed by atoms with Gasteiger partial charge in [0.05, 0.1) is 0 Å². The summed E-state index contributed by atoms with van der Waals surface area (Å²) in [5.41, 5.74) is 0.589. The van der Waals surface area contributed by atoms with E-state index < -0.39 is 5.97 Å². The van der Waals surface area contributed by atoms with Gasteiger partial charge in [-0.25, -0.2) is 4.79 Å². The maximum Gasteiger partial charge on any atom is 0.323 e. The smallest absolute Gasteiger partial charge is 0.323 e. The van der Waals surface area contributed by atoms with E-state index in [4.69, 9.17) is 5.11 Å². The first-order chi connectivity index (χ1) is 9.58. The molecule has 0 bridgehead atoms. The van der Waals surface area contributed by atoms with Crippen LogP contribution in [-0.2, 0) is 4.79 Å². The molecule has 0 radical (unpaired) electrons. The van der Waals surface area contributed by atoms with E-state index in [2.05, 4.69) is 12.2 Å². The number of carbonyl (C=O) groups is 2. The molecule has 1 aliphatic rings. The summed E-state index contributed by atoms with van der Waals surface area (Å²) < 4.78 is 0. The summed E-state index contributed by atoms with van der Waals surface area (Å²) >= 11 is 0. The SMILES string of the molecule is CC(CNC(=O)N(CC(=O)O)c1ccccc1)C1CC1. The lowest BCUT2D eigenvalue weighted by atomic mass is 10.1. The minimum absolute atomic E-state index is 0.340. The standard InChI is InChI=1S/C15H20N2O3/c1-11(12-7-8-12)9-16-15(20)17(10-14(18)19)13-5-3-2-4-6-13/h2-6,11-12H,7-10H2,1H3,(H,16,20)(H,18,19). The van der Waals surface area contributed by atoms with Gasteiger partial charge in [-0.2, -0.15) is 0 Å². The van der Waals surface area contributed by atoms with Crippen LogP contribution in [0.25, 0.3) is 0 Å². The Morgan fingerprint density at radius 1 is 1.35 bits per heavy atom. The molecular weight excluding hydrogens is 256 g/mol. The second kappa shape index (κ2) is 6.41. The monoisotopic (exact) mass is 276 g/mol. The van der Waals surface area contributed by atoms with E-state index >= 15 is 0 Å². The number of anilines is 1. The summed E-state index contributed by atoms with van der Waals surface area (Å²) in [7, 11) is 0. The fraction of sp³-hybridized carbons (Fsp3) is 0.467. The Labute approximate surface area is 118 Å². The molecule has 1 unspecified atom stereocenters. The van der Waals surface area contributed by atoms with Crippen molar-refractivity contribution in [3.05, 3.63) is 30.3 Å². The minimum atomic E-state index is -1.03. The molecule has 0 aromatic heterocycles. The van der Waals surface area contributed by atoms with E-state index in [1.807, 2.05) is 6.07 Å². The molecule has 5 nitrogen and oxygen atoms in total. The van der Waals surface area contributed by atoms with Crippen molar-refractivity contribution in [2.45, 2.75) is 19.8 Å². The lowest BCUT2D eigenvalue weighted by Gasteiger charge is -2.22. The van der Waals surface area contributed by atoms with E-state index in [1.165, 1.54) is 17.7 Å². The zero-order valence-electron chi connectivity index (χ0n) is 11.6. The Balaban J connectivity index is 1.98. The van der Waals surface area contributed by atoms with Gasteiger partial charge in [-0.1, -0.05) is 25.1 Å². The lowest BCUT2D eigenvalue weighted by Crippen LogP contribution is -2.44. The van der Waals surface area contributed by atoms with Gasteiger partial charge in [0.25, 0.3) is 0 Å². The minimum Gasteiger partial charge on any atom is -0.480 e. The molecule has 1 aromatic carbocycles. The van der Waals surface area contributed by atoms with E-state index in [-0.39, 0.29) is 12.6 Å². The molecule has 0 aliphatic heterocycles. The van der Waals surface area contributed by atoms with Crippen molar-refractivity contribution in [3.8, 4) is 0 Å². The van der Waals surface area contributed by atoms with Crippen LogP contribution in [0.2, 0.25) is 0 Å². The number of carboxylic acids is 1. The first-order valence-corrected chi connectivity index (χ1v) is 6.90. The molecule has 2 rings (SSSR count). The Morgan fingerprint density at radius 2 is 2.00 bits per heavy atom. The fourth-order valence-electron chi connectivity index (χ4n) is 2.20. The molecule has 1 fully saturated rings. The molecule has 0 saturated heterocycles. The normalized spacial score (nSPS) is 15.4. The van der Waals surface area contributed by atoms with Crippen molar-refractivity contribution in [2.75, 3.05) is 18.0 Å². The van der Waals surface area contributed by atoms with E-state index in [0.29, 0.717) is 24.1 Å². The Kier molecular flexibility index (Phi) is 4.61. The van der Waals surface area contributed by atoms with E-state index in [0.717, 1.165) is 0 Å². The zero-order valence-corrected chi connectivity index (χ0v) is 11.6. The molecular formula is C15H20N2O3. The maximum absolute atomic E-state index is 12.2. The van der Waals surface area contributed by atoms with Gasteiger partial charge < -0.3 is 10.4 Å². The molecule has 20 heavy (non-hydrogen) atoms. The average Bonchev–Trinajstić information content (AvgIpc) is 3.27. The van der Waals surface area contributed by atoms with Crippen LogP contribution in [0.3, 0.4) is 0 Å². The Morgan fingerprint density at radius 3 is 2.55 bits per heavy atom. The van der Waals surface area contributed by atoms with Gasteiger partial charge in [-0.3, -0.25) is 9.69 Å². The zero-order chi connectivity index (χ0) is 14.5. The summed E-state index contributed by atoms with van der Waals surface area (Å²) in [6.07, 6.45) is 2.46. The molecule has 2 amide bonds. The van der Waals surface area contributed by atoms with Crippen LogP contribution in [0.5, 0.6) is 0 Å². The van der Waals surface area contributed by atoms with Crippen molar-refractivity contribution in [3.63, 3.8) is 0 Å². The lowest BCUT2D eigenvalue weighted by molar-refractivity contribution is -0.135. The number of amides is 2. The molecule has 108 valence electrons. The maximum atomic E-state index is 12.2. The number of hydrogen-bond donors (Lipinski definition) is 2. The third kappa shape index (κ3) is 3.98. The number of rotatable bonds is 6. The van der Waals surface area contributed by atoms with Crippen LogP contribution in [-0.4, -0.2) is 30.2 Å². The second-order valence-corrected chi connectivity index (χ2v) is 5.32. The predicted octanol–water partition coefficient (Wildman–Crippen LogP) is 2.33. The molecule has 5 heteroatoms. The Bertz CT molecular complexity index is 471. The van der Waals surface area contributed by atoms with Gasteiger partial charge in [0.1, 0.15) is 6.54 Å². The fourth-order valence-corrected chi connectivity index (χ4v) is 2.20. The van der Waals surface area contributed by atoms with Gasteiger partial charge >= 0.3 is 12.0 Å². The van der Waals surface area contributed by atoms with Gasteiger partial charge in [0.15, 0.2) is 0 Å². The number of nitrogens with zero attached hydrogens (tertiary/aromatic N) is 1. The van der Waals surface area contributed by atoms with Crippen molar-refractivity contribution in [1.82, 2.24) is 5.32 Å². The average molecular weight is 276 g/mol. The first-order valence-electron chi connectivity index (χ1n) is 6.90. The summed E-state index contributed by atoms with van der Waals surface area (Å²) in [4.78, 5) is 24.4. The van der Waals surface area contributed by atoms with Crippen LogP contribution in [0.15, 0.2) is 30.3 Å². The van der Waals surface area contributed by atoms with Crippen molar-refractivity contribution < 1.29 is 14.7 Å². The van der Waals surface area contributed by atoms with Gasteiger partial charge in [-0.05, 0) is 36.8 Å². The molecule has 1 aliphatic carbocycles. The highest BCUT2D eigenvalue weighted by atomic mass is 16.4. The first kappa shape index (κ1) is 14.4. The van der Waals surface area contributed by atoms with Crippen LogP contribution in [0.1, 0.15) is 19.8 Å². The number of benzene rings is 1. The van der Waals surface area contributed by atoms with Crippen LogP contribution in [0.4, 0.5) is 10.5 Å². The summed E-state index contributed by atoms with van der Waals surface area (Å²) in [5, 5.41) is 11.8. The highest BCUT2D eigenvalue weighted by molar-refractivity contribution is 5.96. The number of carboxylic acid groups (broad SMARTS) is 1. The van der Waals surface area contributed by atoms with Crippen molar-refractivity contribution in [1.29, 1.82) is 0 Å². The van der Waals surface area contributed by atoms with Crippen LogP contribution < -0.4 is 10.2 Å². The van der Waals surface area contributed by atoms with E-state index in [9.17, 15) is 9.59 Å². The van der Waals surface area contributed by atoms with Gasteiger partial charge in [-0.15, -0.1) is 0 Å². The predicted molar refractivity (Wildman–Crippen MR) is 76.7 cm³/mol. The number of nitrogens with one attached hydrogen (secondary N) is 1. The molecule has 0 heterocycles. The van der Waals surface area contributed by atoms with Crippen LogP contribution >= 0.6 is 0 Å². The largest absolute Gasteiger partial charge is 0.480 e. The molecule has 2 N–H and O–H groups in total. The van der Waals surface area contributed by atoms with Crippen LogP contribution in [0, 0.1) is 11.8 Å². The molecule has 0 spiro atoms. The third-order valence-electron chi connectivity index (χ3n) is 3.61. The highest BCUT2D eigenvalue weighted by Gasteiger charge is 2.28. The van der Waals surface area contributed by atoms with Gasteiger partial charge in [0, 0.05) is 12.2 Å². The van der Waals surface area contributed by atoms with E-state index in [1.54, 1.807) is 24.3 Å². The quantitative estimate of drug-likeness (QED) is 0.837. The molecule has 1 saturated carbocycles. The Hall–Kier alpha value is -2.04. The number of carbonyl (C=O) groups excluding carboxylic acids is 1. The highest BCUT2D eigenvalue weighted by Crippen LogP contribution is 2.36. The summed E-state index contributed by atoms with van der Waals surface area (Å²) in [6, 6.07) is 8.50.